The normalized spacial score (nSPS) is 17.5. The summed E-state index contributed by atoms with van der Waals surface area (Å²) in [5, 5.41) is 19.4. The Balaban J connectivity index is 1.84. The van der Waals surface area contributed by atoms with Gasteiger partial charge in [0.25, 0.3) is 0 Å². The first-order valence-electron chi connectivity index (χ1n) is 8.30. The van der Waals surface area contributed by atoms with Crippen LogP contribution in [0.15, 0.2) is 18.2 Å². The standard InChI is InChI=1S/C18H26FNO3/c1-12(2)9-17(22)14-5-7-20(8-6-14)18(23)11-13-3-4-16(21)15(19)10-13/h3-4,10,12,14,17,21-22H,5-9,11H2,1-2H3. The lowest BCUT2D eigenvalue weighted by atomic mass is 9.87. The van der Waals surface area contributed by atoms with Gasteiger partial charge in [0, 0.05) is 13.1 Å². The van der Waals surface area contributed by atoms with Gasteiger partial charge in [0.15, 0.2) is 11.6 Å². The molecule has 1 fully saturated rings. The number of phenolic OH excluding ortho intramolecular Hbond substituents is 1. The number of halogens is 1. The van der Waals surface area contributed by atoms with Crippen LogP contribution in [0.3, 0.4) is 0 Å². The average molecular weight is 323 g/mol. The third-order valence-corrected chi connectivity index (χ3v) is 4.52. The van der Waals surface area contributed by atoms with Crippen LogP contribution in [-0.4, -0.2) is 40.2 Å². The molecule has 1 aromatic carbocycles. The van der Waals surface area contributed by atoms with Crippen molar-refractivity contribution in [3.8, 4) is 5.75 Å². The van der Waals surface area contributed by atoms with E-state index in [2.05, 4.69) is 13.8 Å². The van der Waals surface area contributed by atoms with Crippen molar-refractivity contribution in [3.63, 3.8) is 0 Å². The predicted molar refractivity (Wildman–Crippen MR) is 86.5 cm³/mol. The number of rotatable bonds is 5. The van der Waals surface area contributed by atoms with Crippen molar-refractivity contribution in [1.29, 1.82) is 0 Å². The molecular weight excluding hydrogens is 297 g/mol. The molecule has 1 aromatic rings. The summed E-state index contributed by atoms with van der Waals surface area (Å²) in [5.74, 6) is -0.416. The number of hydrogen-bond donors (Lipinski definition) is 2. The summed E-state index contributed by atoms with van der Waals surface area (Å²) in [6, 6.07) is 4.04. The van der Waals surface area contributed by atoms with Crippen molar-refractivity contribution in [3.05, 3.63) is 29.6 Å². The molecule has 4 nitrogen and oxygen atoms in total. The lowest BCUT2D eigenvalue weighted by Crippen LogP contribution is -2.42. The van der Waals surface area contributed by atoms with E-state index in [4.69, 9.17) is 0 Å². The summed E-state index contributed by atoms with van der Waals surface area (Å²) in [6.07, 6.45) is 2.26. The van der Waals surface area contributed by atoms with Crippen LogP contribution < -0.4 is 0 Å². The van der Waals surface area contributed by atoms with E-state index in [0.717, 1.165) is 19.3 Å². The number of aliphatic hydroxyl groups excluding tert-OH is 1. The van der Waals surface area contributed by atoms with Gasteiger partial charge in [-0.2, -0.15) is 0 Å². The highest BCUT2D eigenvalue weighted by atomic mass is 19.1. The second-order valence-corrected chi connectivity index (χ2v) is 6.88. The van der Waals surface area contributed by atoms with Crippen molar-refractivity contribution in [2.45, 2.75) is 45.6 Å². The molecule has 1 saturated heterocycles. The van der Waals surface area contributed by atoms with Crippen molar-refractivity contribution in [1.82, 2.24) is 4.90 Å². The highest BCUT2D eigenvalue weighted by Crippen LogP contribution is 2.25. The minimum Gasteiger partial charge on any atom is -0.505 e. The molecule has 128 valence electrons. The molecule has 5 heteroatoms. The van der Waals surface area contributed by atoms with E-state index >= 15 is 0 Å². The smallest absolute Gasteiger partial charge is 0.226 e. The van der Waals surface area contributed by atoms with E-state index in [-0.39, 0.29) is 24.3 Å². The Morgan fingerprint density at radius 1 is 1.35 bits per heavy atom. The Hall–Kier alpha value is -1.62. The minimum absolute atomic E-state index is 0.0353. The molecule has 1 unspecified atom stereocenters. The fraction of sp³-hybridized carbons (Fsp3) is 0.611. The molecule has 1 atom stereocenters. The van der Waals surface area contributed by atoms with Crippen LogP contribution in [0.25, 0.3) is 0 Å². The largest absolute Gasteiger partial charge is 0.505 e. The summed E-state index contributed by atoms with van der Waals surface area (Å²) in [6.45, 7) is 5.47. The first-order chi connectivity index (χ1) is 10.9. The topological polar surface area (TPSA) is 60.8 Å². The number of piperidine rings is 1. The van der Waals surface area contributed by atoms with Gasteiger partial charge in [0.2, 0.25) is 5.91 Å². The molecule has 2 rings (SSSR count). The first-order valence-corrected chi connectivity index (χ1v) is 8.30. The summed E-state index contributed by atoms with van der Waals surface area (Å²) in [7, 11) is 0. The van der Waals surface area contributed by atoms with Gasteiger partial charge in [-0.05, 0) is 48.8 Å². The van der Waals surface area contributed by atoms with Crippen LogP contribution >= 0.6 is 0 Å². The maximum absolute atomic E-state index is 13.3. The van der Waals surface area contributed by atoms with Crippen LogP contribution in [-0.2, 0) is 11.2 Å². The summed E-state index contributed by atoms with van der Waals surface area (Å²) in [5.41, 5.74) is 0.562. The zero-order chi connectivity index (χ0) is 17.0. The molecule has 2 N–H and O–H groups in total. The van der Waals surface area contributed by atoms with Crippen molar-refractivity contribution in [2.24, 2.45) is 11.8 Å². The van der Waals surface area contributed by atoms with Gasteiger partial charge < -0.3 is 15.1 Å². The van der Waals surface area contributed by atoms with E-state index < -0.39 is 11.6 Å². The number of hydrogen-bond acceptors (Lipinski definition) is 3. The number of likely N-dealkylation sites (tertiary alicyclic amines) is 1. The van der Waals surface area contributed by atoms with E-state index in [1.807, 2.05) is 0 Å². The van der Waals surface area contributed by atoms with E-state index in [1.54, 1.807) is 11.0 Å². The van der Waals surface area contributed by atoms with Crippen molar-refractivity contribution >= 4 is 5.91 Å². The maximum Gasteiger partial charge on any atom is 0.226 e. The van der Waals surface area contributed by atoms with Crippen LogP contribution in [0.4, 0.5) is 4.39 Å². The van der Waals surface area contributed by atoms with E-state index in [0.29, 0.717) is 24.6 Å². The molecule has 0 radical (unpaired) electrons. The summed E-state index contributed by atoms with van der Waals surface area (Å²) >= 11 is 0. The van der Waals surface area contributed by atoms with Gasteiger partial charge in [-0.1, -0.05) is 19.9 Å². The molecular formula is C18H26FNO3. The first kappa shape index (κ1) is 17.7. The second kappa shape index (κ2) is 7.77. The molecule has 0 spiro atoms. The molecule has 0 bridgehead atoms. The Kier molecular flexibility index (Phi) is 5.99. The fourth-order valence-electron chi connectivity index (χ4n) is 3.16. The zero-order valence-corrected chi connectivity index (χ0v) is 13.8. The number of carbonyl (C=O) groups is 1. The van der Waals surface area contributed by atoms with Gasteiger partial charge in [-0.15, -0.1) is 0 Å². The molecule has 23 heavy (non-hydrogen) atoms. The number of amides is 1. The van der Waals surface area contributed by atoms with Crippen LogP contribution in [0.2, 0.25) is 0 Å². The Morgan fingerprint density at radius 2 is 2.00 bits per heavy atom. The molecule has 1 aliphatic rings. The maximum atomic E-state index is 13.3. The van der Waals surface area contributed by atoms with Crippen LogP contribution in [0, 0.1) is 17.7 Å². The van der Waals surface area contributed by atoms with Crippen molar-refractivity contribution in [2.75, 3.05) is 13.1 Å². The third-order valence-electron chi connectivity index (χ3n) is 4.52. The van der Waals surface area contributed by atoms with Gasteiger partial charge >= 0.3 is 0 Å². The van der Waals surface area contributed by atoms with Gasteiger partial charge in [0.05, 0.1) is 12.5 Å². The zero-order valence-electron chi connectivity index (χ0n) is 13.8. The van der Waals surface area contributed by atoms with Gasteiger partial charge in [-0.3, -0.25) is 4.79 Å². The molecule has 0 aromatic heterocycles. The Labute approximate surface area is 136 Å². The molecule has 1 heterocycles. The fourth-order valence-corrected chi connectivity index (χ4v) is 3.16. The molecule has 1 amide bonds. The average Bonchev–Trinajstić information content (AvgIpc) is 2.50. The van der Waals surface area contributed by atoms with Gasteiger partial charge in [0.1, 0.15) is 0 Å². The van der Waals surface area contributed by atoms with Gasteiger partial charge in [-0.25, -0.2) is 4.39 Å². The Morgan fingerprint density at radius 3 is 2.57 bits per heavy atom. The number of aliphatic hydroxyl groups is 1. The highest BCUT2D eigenvalue weighted by Gasteiger charge is 2.27. The molecule has 1 aliphatic heterocycles. The number of carbonyl (C=O) groups excluding carboxylic acids is 1. The van der Waals surface area contributed by atoms with Crippen LogP contribution in [0.5, 0.6) is 5.75 Å². The monoisotopic (exact) mass is 323 g/mol. The van der Waals surface area contributed by atoms with E-state index in [9.17, 15) is 19.4 Å². The minimum atomic E-state index is -0.703. The van der Waals surface area contributed by atoms with E-state index in [1.165, 1.54) is 12.1 Å². The number of benzene rings is 1. The number of phenols is 1. The Bertz CT molecular complexity index is 539. The number of nitrogens with zero attached hydrogens (tertiary/aromatic N) is 1. The highest BCUT2D eigenvalue weighted by molar-refractivity contribution is 5.78. The summed E-state index contributed by atoms with van der Waals surface area (Å²) in [4.78, 5) is 14.1. The second-order valence-electron chi connectivity index (χ2n) is 6.88. The van der Waals surface area contributed by atoms with Crippen LogP contribution in [0.1, 0.15) is 38.7 Å². The summed E-state index contributed by atoms with van der Waals surface area (Å²) < 4.78 is 13.3. The lowest BCUT2D eigenvalue weighted by molar-refractivity contribution is -0.132. The molecule has 0 saturated carbocycles. The lowest BCUT2D eigenvalue weighted by Gasteiger charge is -2.34. The van der Waals surface area contributed by atoms with Crippen molar-refractivity contribution < 1.29 is 19.4 Å². The number of aromatic hydroxyl groups is 1. The SMILES string of the molecule is CC(C)CC(O)C1CCN(C(=O)Cc2ccc(O)c(F)c2)CC1. The molecule has 0 aliphatic carbocycles. The predicted octanol–water partition coefficient (Wildman–Crippen LogP) is 2.72. The third kappa shape index (κ3) is 4.93. The quantitative estimate of drug-likeness (QED) is 0.876.